The second-order valence-corrected chi connectivity index (χ2v) is 5.80. The standard InChI is InChI=1S/C17H24N2/c1-3-19-16(12-18-15-6-4-5-7-15)11-14-9-8-13(2)10-17(14)19/h8-11,15,18H,3-7,12H2,1-2H3. The Morgan fingerprint density at radius 2 is 2.00 bits per heavy atom. The van der Waals surface area contributed by atoms with Crippen molar-refractivity contribution >= 4 is 10.9 Å². The maximum absolute atomic E-state index is 3.73. The van der Waals surface area contributed by atoms with Gasteiger partial charge in [0.2, 0.25) is 0 Å². The molecule has 1 aliphatic rings. The molecule has 2 heteroatoms. The minimum absolute atomic E-state index is 0.741. The molecule has 3 rings (SSSR count). The molecular formula is C17H24N2. The first-order chi connectivity index (χ1) is 9.28. The van der Waals surface area contributed by atoms with Crippen LogP contribution in [-0.4, -0.2) is 10.6 Å². The summed E-state index contributed by atoms with van der Waals surface area (Å²) in [5.41, 5.74) is 4.15. The molecular weight excluding hydrogens is 232 g/mol. The summed E-state index contributed by atoms with van der Waals surface area (Å²) in [6, 6.07) is 9.84. The molecule has 2 aromatic rings. The maximum Gasteiger partial charge on any atom is 0.0485 e. The second-order valence-electron chi connectivity index (χ2n) is 5.80. The summed E-state index contributed by atoms with van der Waals surface area (Å²) in [7, 11) is 0. The van der Waals surface area contributed by atoms with Crippen LogP contribution < -0.4 is 5.32 Å². The third-order valence-electron chi connectivity index (χ3n) is 4.39. The summed E-state index contributed by atoms with van der Waals surface area (Å²) in [6.45, 7) is 6.46. The van der Waals surface area contributed by atoms with Crippen molar-refractivity contribution in [3.8, 4) is 0 Å². The molecule has 1 fully saturated rings. The zero-order chi connectivity index (χ0) is 13.2. The Morgan fingerprint density at radius 3 is 2.74 bits per heavy atom. The number of nitrogens with one attached hydrogen (secondary N) is 1. The number of hydrogen-bond acceptors (Lipinski definition) is 1. The summed E-state index contributed by atoms with van der Waals surface area (Å²) in [5, 5.41) is 5.10. The highest BCUT2D eigenvalue weighted by Gasteiger charge is 2.15. The summed E-state index contributed by atoms with van der Waals surface area (Å²) in [6.07, 6.45) is 5.50. The Morgan fingerprint density at radius 1 is 1.21 bits per heavy atom. The van der Waals surface area contributed by atoms with Crippen LogP contribution in [0.5, 0.6) is 0 Å². The summed E-state index contributed by atoms with van der Waals surface area (Å²) >= 11 is 0. The van der Waals surface area contributed by atoms with Crippen LogP contribution in [0.3, 0.4) is 0 Å². The Kier molecular flexibility index (Phi) is 3.61. The zero-order valence-electron chi connectivity index (χ0n) is 12.1. The van der Waals surface area contributed by atoms with Gasteiger partial charge in [-0.25, -0.2) is 0 Å². The Hall–Kier alpha value is -1.28. The second kappa shape index (κ2) is 5.38. The highest BCUT2D eigenvalue weighted by Crippen LogP contribution is 2.23. The van der Waals surface area contributed by atoms with E-state index >= 15 is 0 Å². The molecule has 0 unspecified atom stereocenters. The van der Waals surface area contributed by atoms with Gasteiger partial charge in [0.05, 0.1) is 0 Å². The largest absolute Gasteiger partial charge is 0.344 e. The van der Waals surface area contributed by atoms with Crippen molar-refractivity contribution in [3.05, 3.63) is 35.5 Å². The first kappa shape index (κ1) is 12.7. The molecule has 102 valence electrons. The monoisotopic (exact) mass is 256 g/mol. The summed E-state index contributed by atoms with van der Waals surface area (Å²) in [5.74, 6) is 0. The number of benzene rings is 1. The summed E-state index contributed by atoms with van der Waals surface area (Å²) in [4.78, 5) is 0. The molecule has 0 atom stereocenters. The zero-order valence-corrected chi connectivity index (χ0v) is 12.1. The van der Waals surface area contributed by atoms with Gasteiger partial charge in [-0.1, -0.05) is 25.0 Å². The number of fused-ring (bicyclic) bond motifs is 1. The molecule has 0 aliphatic heterocycles. The lowest BCUT2D eigenvalue weighted by Gasteiger charge is -2.13. The molecule has 0 spiro atoms. The van der Waals surface area contributed by atoms with Crippen LogP contribution in [0.1, 0.15) is 43.9 Å². The fourth-order valence-electron chi connectivity index (χ4n) is 3.32. The first-order valence-electron chi connectivity index (χ1n) is 7.60. The average molecular weight is 256 g/mol. The van der Waals surface area contributed by atoms with Crippen molar-refractivity contribution in [2.24, 2.45) is 0 Å². The van der Waals surface area contributed by atoms with Gasteiger partial charge in [0.25, 0.3) is 0 Å². The topological polar surface area (TPSA) is 17.0 Å². The fourth-order valence-corrected chi connectivity index (χ4v) is 3.32. The highest BCUT2D eigenvalue weighted by atomic mass is 15.0. The van der Waals surface area contributed by atoms with Gasteiger partial charge in [-0.2, -0.15) is 0 Å². The van der Waals surface area contributed by atoms with E-state index in [4.69, 9.17) is 0 Å². The van der Waals surface area contributed by atoms with E-state index in [0.717, 1.165) is 19.1 Å². The van der Waals surface area contributed by atoms with E-state index in [1.165, 1.54) is 47.8 Å². The van der Waals surface area contributed by atoms with E-state index in [0.29, 0.717) is 0 Å². The van der Waals surface area contributed by atoms with Gasteiger partial charge in [0.15, 0.2) is 0 Å². The van der Waals surface area contributed by atoms with Crippen molar-refractivity contribution in [2.45, 2.75) is 58.7 Å². The van der Waals surface area contributed by atoms with Crippen LogP contribution in [0.25, 0.3) is 10.9 Å². The van der Waals surface area contributed by atoms with Gasteiger partial charge in [0.1, 0.15) is 0 Å². The third-order valence-corrected chi connectivity index (χ3v) is 4.39. The lowest BCUT2D eigenvalue weighted by atomic mass is 10.2. The lowest BCUT2D eigenvalue weighted by molar-refractivity contribution is 0.510. The van der Waals surface area contributed by atoms with Crippen molar-refractivity contribution in [1.29, 1.82) is 0 Å². The minimum atomic E-state index is 0.741. The number of aromatic nitrogens is 1. The smallest absolute Gasteiger partial charge is 0.0485 e. The van der Waals surface area contributed by atoms with Gasteiger partial charge in [0, 0.05) is 30.3 Å². The van der Waals surface area contributed by atoms with Crippen LogP contribution in [0.15, 0.2) is 24.3 Å². The van der Waals surface area contributed by atoms with Crippen LogP contribution in [-0.2, 0) is 13.1 Å². The van der Waals surface area contributed by atoms with Crippen molar-refractivity contribution in [1.82, 2.24) is 9.88 Å². The van der Waals surface area contributed by atoms with E-state index in [1.807, 2.05) is 0 Å². The summed E-state index contributed by atoms with van der Waals surface area (Å²) < 4.78 is 2.45. The van der Waals surface area contributed by atoms with Crippen LogP contribution in [0.4, 0.5) is 0 Å². The van der Waals surface area contributed by atoms with Crippen LogP contribution >= 0.6 is 0 Å². The van der Waals surface area contributed by atoms with Crippen molar-refractivity contribution in [3.63, 3.8) is 0 Å². The molecule has 0 radical (unpaired) electrons. The predicted octanol–water partition coefficient (Wildman–Crippen LogP) is 4.00. The van der Waals surface area contributed by atoms with E-state index in [9.17, 15) is 0 Å². The average Bonchev–Trinajstić information content (AvgIpc) is 3.02. The molecule has 0 saturated heterocycles. The Labute approximate surface area is 115 Å². The maximum atomic E-state index is 3.73. The van der Waals surface area contributed by atoms with Gasteiger partial charge in [-0.3, -0.25) is 0 Å². The van der Waals surface area contributed by atoms with Crippen molar-refractivity contribution in [2.75, 3.05) is 0 Å². The predicted molar refractivity (Wildman–Crippen MR) is 81.4 cm³/mol. The van der Waals surface area contributed by atoms with Gasteiger partial charge >= 0.3 is 0 Å². The van der Waals surface area contributed by atoms with Gasteiger partial charge in [-0.05, 0) is 49.8 Å². The molecule has 1 aliphatic carbocycles. The number of rotatable bonds is 4. The van der Waals surface area contributed by atoms with E-state index < -0.39 is 0 Å². The third kappa shape index (κ3) is 2.55. The molecule has 0 amide bonds. The first-order valence-corrected chi connectivity index (χ1v) is 7.60. The van der Waals surface area contributed by atoms with E-state index in [-0.39, 0.29) is 0 Å². The molecule has 1 saturated carbocycles. The Balaban J connectivity index is 1.85. The quantitative estimate of drug-likeness (QED) is 0.875. The molecule has 2 nitrogen and oxygen atoms in total. The van der Waals surface area contributed by atoms with Gasteiger partial charge < -0.3 is 9.88 Å². The molecule has 1 aromatic carbocycles. The van der Waals surface area contributed by atoms with E-state index in [2.05, 4.69) is 48.0 Å². The molecule has 1 heterocycles. The molecule has 19 heavy (non-hydrogen) atoms. The number of aryl methyl sites for hydroxylation is 2. The molecule has 0 bridgehead atoms. The van der Waals surface area contributed by atoms with Gasteiger partial charge in [-0.15, -0.1) is 0 Å². The van der Waals surface area contributed by atoms with E-state index in [1.54, 1.807) is 0 Å². The molecule has 1 N–H and O–H groups in total. The lowest BCUT2D eigenvalue weighted by Crippen LogP contribution is -2.26. The normalized spacial score (nSPS) is 16.5. The SMILES string of the molecule is CCn1c(CNC2CCCC2)cc2ccc(C)cc21. The fraction of sp³-hybridized carbons (Fsp3) is 0.529. The number of nitrogens with zero attached hydrogens (tertiary/aromatic N) is 1. The highest BCUT2D eigenvalue weighted by molar-refractivity contribution is 5.82. The van der Waals surface area contributed by atoms with Crippen LogP contribution in [0.2, 0.25) is 0 Å². The van der Waals surface area contributed by atoms with Crippen LogP contribution in [0, 0.1) is 6.92 Å². The Bertz CT molecular complexity index is 562. The number of hydrogen-bond donors (Lipinski definition) is 1. The van der Waals surface area contributed by atoms with Crippen molar-refractivity contribution < 1.29 is 0 Å². The minimum Gasteiger partial charge on any atom is -0.344 e. The molecule has 1 aromatic heterocycles.